The molecule has 0 amide bonds. The maximum Gasteiger partial charge on any atom is 0.226 e. The minimum absolute atomic E-state index is 0.110. The van der Waals surface area contributed by atoms with Crippen LogP contribution in [0.15, 0.2) is 0 Å². The molecule has 4 fully saturated rings. The highest BCUT2D eigenvalue weighted by atomic mass is 16.6. The van der Waals surface area contributed by atoms with Gasteiger partial charge in [-0.15, -0.1) is 0 Å². The second-order valence-electron chi connectivity index (χ2n) is 6.21. The molecule has 84 valence electrons. The van der Waals surface area contributed by atoms with Crippen molar-refractivity contribution in [2.24, 2.45) is 17.4 Å². The molecule has 15 heavy (non-hydrogen) atoms. The maximum absolute atomic E-state index is 11.2. The van der Waals surface area contributed by atoms with Gasteiger partial charge >= 0.3 is 0 Å². The Morgan fingerprint density at radius 1 is 1.07 bits per heavy atom. The Morgan fingerprint density at radius 2 is 1.60 bits per heavy atom. The largest absolute Gasteiger partial charge is 0.325 e. The summed E-state index contributed by atoms with van der Waals surface area (Å²) in [6, 6.07) is 0. The van der Waals surface area contributed by atoms with E-state index in [-0.39, 0.29) is 16.0 Å². The summed E-state index contributed by atoms with van der Waals surface area (Å²) in [5.41, 5.74) is 11.0. The van der Waals surface area contributed by atoms with Crippen molar-refractivity contribution in [3.63, 3.8) is 0 Å². The molecule has 0 heterocycles. The van der Waals surface area contributed by atoms with Gasteiger partial charge in [-0.25, -0.2) is 0 Å². The van der Waals surface area contributed by atoms with Gasteiger partial charge in [0.25, 0.3) is 0 Å². The van der Waals surface area contributed by atoms with Crippen molar-refractivity contribution in [2.45, 2.75) is 55.1 Å². The molecule has 0 radical (unpaired) electrons. The van der Waals surface area contributed by atoms with Crippen molar-refractivity contribution < 1.29 is 4.92 Å². The molecule has 4 saturated carbocycles. The van der Waals surface area contributed by atoms with Crippen molar-refractivity contribution in [3.8, 4) is 0 Å². The Bertz CT molecular complexity index is 326. The quantitative estimate of drug-likeness (QED) is 0.484. The molecule has 0 saturated heterocycles. The van der Waals surface area contributed by atoms with Crippen LogP contribution in [0.1, 0.15) is 38.5 Å². The fourth-order valence-electron chi connectivity index (χ4n) is 4.74. The van der Waals surface area contributed by atoms with Gasteiger partial charge in [-0.1, -0.05) is 0 Å². The van der Waals surface area contributed by atoms with Gasteiger partial charge in [0.15, 0.2) is 0 Å². The molecule has 0 aromatic carbocycles. The first kappa shape index (κ1) is 9.54. The van der Waals surface area contributed by atoms with Gasteiger partial charge in [0.2, 0.25) is 5.54 Å². The highest BCUT2D eigenvalue weighted by molar-refractivity contribution is 5.18. The summed E-state index contributed by atoms with van der Waals surface area (Å²) in [5, 5.41) is 11.2. The van der Waals surface area contributed by atoms with Crippen LogP contribution in [-0.4, -0.2) is 21.5 Å². The predicted octanol–water partition coefficient (Wildman–Crippen LogP) is 0.394. The smallest absolute Gasteiger partial charge is 0.226 e. The van der Waals surface area contributed by atoms with E-state index < -0.39 is 5.54 Å². The average Bonchev–Trinajstić information content (AvgIpc) is 1.95. The van der Waals surface area contributed by atoms with Crippen LogP contribution in [-0.2, 0) is 0 Å². The molecule has 4 N–H and O–H groups in total. The molecule has 5 heteroatoms. The van der Waals surface area contributed by atoms with Crippen LogP contribution in [0.2, 0.25) is 0 Å². The molecule has 0 aromatic heterocycles. The summed E-state index contributed by atoms with van der Waals surface area (Å²) < 4.78 is 0. The van der Waals surface area contributed by atoms with Crippen LogP contribution < -0.4 is 11.5 Å². The summed E-state index contributed by atoms with van der Waals surface area (Å²) in [6.45, 7) is 0. The molecule has 0 spiro atoms. The highest BCUT2D eigenvalue weighted by Gasteiger charge is 2.66. The van der Waals surface area contributed by atoms with E-state index in [2.05, 4.69) is 0 Å². The monoisotopic (exact) mass is 211 g/mol. The molecule has 5 nitrogen and oxygen atoms in total. The summed E-state index contributed by atoms with van der Waals surface area (Å²) in [5.74, 6) is 0.377. The molecule has 4 aliphatic rings. The molecule has 0 aromatic rings. The number of nitrogens with zero attached hydrogens (tertiary/aromatic N) is 1. The molecular weight excluding hydrogens is 194 g/mol. The minimum atomic E-state index is -0.803. The lowest BCUT2D eigenvalue weighted by Gasteiger charge is -2.60. The number of nitrogens with two attached hydrogens (primary N) is 2. The molecule has 0 aliphatic heterocycles. The minimum Gasteiger partial charge on any atom is -0.325 e. The summed E-state index contributed by atoms with van der Waals surface area (Å²) in [7, 11) is 0. The van der Waals surface area contributed by atoms with E-state index >= 15 is 0 Å². The Balaban J connectivity index is 2.05. The van der Waals surface area contributed by atoms with E-state index in [0.29, 0.717) is 25.2 Å². The third-order valence-electron chi connectivity index (χ3n) is 4.51. The van der Waals surface area contributed by atoms with Gasteiger partial charge in [-0.05, 0) is 25.2 Å². The number of rotatable bonds is 1. The third kappa shape index (κ3) is 1.16. The molecule has 4 aliphatic carbocycles. The molecule has 2 unspecified atom stereocenters. The van der Waals surface area contributed by atoms with Gasteiger partial charge < -0.3 is 11.5 Å². The summed E-state index contributed by atoms with van der Waals surface area (Å²) in [6.07, 6.45) is 4.39. The standard InChI is InChI=1S/C10H17N3O2/c11-8-1-7-2-9(12,4-8)6-10(3-7,5-8)13(14)15/h7H,1-6,11-12H2. The number of hydrogen-bond acceptors (Lipinski definition) is 4. The Labute approximate surface area is 88.3 Å². The lowest BCUT2D eigenvalue weighted by Crippen LogP contribution is -2.73. The second-order valence-corrected chi connectivity index (χ2v) is 6.21. The number of nitro groups is 1. The van der Waals surface area contributed by atoms with Gasteiger partial charge in [-0.2, -0.15) is 0 Å². The van der Waals surface area contributed by atoms with E-state index in [1.807, 2.05) is 0 Å². The fourth-order valence-corrected chi connectivity index (χ4v) is 4.74. The zero-order valence-electron chi connectivity index (χ0n) is 8.74. The van der Waals surface area contributed by atoms with E-state index in [4.69, 9.17) is 11.5 Å². The van der Waals surface area contributed by atoms with Crippen molar-refractivity contribution in [1.29, 1.82) is 0 Å². The Kier molecular flexibility index (Phi) is 1.50. The lowest BCUT2D eigenvalue weighted by molar-refractivity contribution is -0.589. The molecular formula is C10H17N3O2. The van der Waals surface area contributed by atoms with E-state index in [1.54, 1.807) is 0 Å². The maximum atomic E-state index is 11.2. The molecule has 4 rings (SSSR count). The summed E-state index contributed by atoms with van der Waals surface area (Å²) >= 11 is 0. The first-order valence-corrected chi connectivity index (χ1v) is 5.57. The molecule has 4 bridgehead atoms. The van der Waals surface area contributed by atoms with E-state index in [1.165, 1.54) is 0 Å². The van der Waals surface area contributed by atoms with Crippen LogP contribution in [0, 0.1) is 16.0 Å². The SMILES string of the molecule is NC12CC3CC(N)(C1)CC([N+](=O)[O-])(C3)C2. The zero-order valence-corrected chi connectivity index (χ0v) is 8.74. The van der Waals surface area contributed by atoms with Gasteiger partial charge in [0.05, 0.1) is 0 Å². The fraction of sp³-hybridized carbons (Fsp3) is 1.00. The average molecular weight is 211 g/mol. The van der Waals surface area contributed by atoms with Gasteiger partial charge in [0, 0.05) is 35.3 Å². The second kappa shape index (κ2) is 2.35. The Hall–Kier alpha value is -0.680. The van der Waals surface area contributed by atoms with Crippen molar-refractivity contribution >= 4 is 0 Å². The van der Waals surface area contributed by atoms with Crippen LogP contribution in [0.5, 0.6) is 0 Å². The predicted molar refractivity (Wildman–Crippen MR) is 54.8 cm³/mol. The topological polar surface area (TPSA) is 95.2 Å². The van der Waals surface area contributed by atoms with Crippen LogP contribution in [0.25, 0.3) is 0 Å². The zero-order chi connectivity index (χ0) is 10.9. The van der Waals surface area contributed by atoms with E-state index in [9.17, 15) is 10.1 Å². The van der Waals surface area contributed by atoms with Crippen molar-refractivity contribution in [1.82, 2.24) is 0 Å². The first-order chi connectivity index (χ1) is 6.85. The first-order valence-electron chi connectivity index (χ1n) is 5.57. The van der Waals surface area contributed by atoms with Crippen LogP contribution in [0.3, 0.4) is 0 Å². The summed E-state index contributed by atoms with van der Waals surface area (Å²) in [4.78, 5) is 11.1. The number of hydrogen-bond donors (Lipinski definition) is 2. The van der Waals surface area contributed by atoms with Crippen LogP contribution >= 0.6 is 0 Å². The highest BCUT2D eigenvalue weighted by Crippen LogP contribution is 2.58. The third-order valence-corrected chi connectivity index (χ3v) is 4.51. The lowest BCUT2D eigenvalue weighted by atomic mass is 9.47. The van der Waals surface area contributed by atoms with Crippen LogP contribution in [0.4, 0.5) is 0 Å². The van der Waals surface area contributed by atoms with E-state index in [0.717, 1.165) is 19.3 Å². The molecule has 2 atom stereocenters. The van der Waals surface area contributed by atoms with Crippen molar-refractivity contribution in [3.05, 3.63) is 10.1 Å². The normalized spacial score (nSPS) is 57.1. The Morgan fingerprint density at radius 3 is 2.00 bits per heavy atom. The van der Waals surface area contributed by atoms with Gasteiger partial charge in [0.1, 0.15) is 0 Å². The van der Waals surface area contributed by atoms with Gasteiger partial charge in [-0.3, -0.25) is 10.1 Å². The van der Waals surface area contributed by atoms with Crippen molar-refractivity contribution in [2.75, 3.05) is 0 Å².